The number of hydrogen-bond acceptors (Lipinski definition) is 5. The zero-order valence-electron chi connectivity index (χ0n) is 18.0. The molecule has 1 aliphatic heterocycles. The van der Waals surface area contributed by atoms with E-state index in [-0.39, 0.29) is 17.6 Å². The number of nitro benzene ring substituents is 1. The first-order chi connectivity index (χ1) is 14.9. The quantitative estimate of drug-likeness (QED) is 0.487. The Morgan fingerprint density at radius 1 is 1.13 bits per heavy atom. The molecule has 0 bridgehead atoms. The van der Waals surface area contributed by atoms with E-state index >= 15 is 0 Å². The number of rotatable bonds is 4. The van der Waals surface area contributed by atoms with E-state index in [9.17, 15) is 14.9 Å². The minimum absolute atomic E-state index is 0.0235. The lowest BCUT2D eigenvalue weighted by molar-refractivity contribution is -0.384. The Labute approximate surface area is 181 Å². The van der Waals surface area contributed by atoms with Gasteiger partial charge in [-0.2, -0.15) is 5.10 Å². The maximum atomic E-state index is 13.4. The fourth-order valence-electron chi connectivity index (χ4n) is 4.44. The molecule has 1 aliphatic carbocycles. The fraction of sp³-hybridized carbons (Fsp3) is 0.391. The summed E-state index contributed by atoms with van der Waals surface area (Å²) < 4.78 is 5.58. The number of anilines is 2. The summed E-state index contributed by atoms with van der Waals surface area (Å²) in [6, 6.07) is 9.59. The molecule has 2 amide bonds. The third kappa shape index (κ3) is 3.85. The monoisotopic (exact) mass is 422 g/mol. The Morgan fingerprint density at radius 3 is 2.42 bits per heavy atom. The molecule has 1 saturated carbocycles. The SMILES string of the molecule is COc1cc2c(cc1C)N(c1ccc([N+](=O)[O-])cc1)C(=O)N(C)N=C2C1CCCCC1. The number of nitro groups is 1. The predicted molar refractivity (Wildman–Crippen MR) is 119 cm³/mol. The van der Waals surface area contributed by atoms with Crippen LogP contribution in [0.15, 0.2) is 41.5 Å². The molecule has 0 N–H and O–H groups in total. The molecule has 0 unspecified atom stereocenters. The molecule has 0 atom stereocenters. The van der Waals surface area contributed by atoms with Crippen molar-refractivity contribution in [2.24, 2.45) is 11.0 Å². The van der Waals surface area contributed by atoms with Crippen LogP contribution in [0.3, 0.4) is 0 Å². The lowest BCUT2D eigenvalue weighted by Crippen LogP contribution is -2.34. The third-order valence-electron chi connectivity index (χ3n) is 6.07. The minimum atomic E-state index is -0.451. The number of carbonyl (C=O) groups excluding carboxylic acids is 1. The first-order valence-corrected chi connectivity index (χ1v) is 10.5. The Bertz CT molecular complexity index is 1040. The van der Waals surface area contributed by atoms with Crippen LogP contribution in [0.4, 0.5) is 21.9 Å². The highest BCUT2D eigenvalue weighted by atomic mass is 16.6. The van der Waals surface area contributed by atoms with Crippen molar-refractivity contribution in [3.8, 4) is 5.75 Å². The minimum Gasteiger partial charge on any atom is -0.496 e. The molecule has 2 aliphatic rings. The summed E-state index contributed by atoms with van der Waals surface area (Å²) in [7, 11) is 3.29. The lowest BCUT2D eigenvalue weighted by Gasteiger charge is -2.27. The largest absolute Gasteiger partial charge is 0.496 e. The molecule has 8 heteroatoms. The summed E-state index contributed by atoms with van der Waals surface area (Å²) in [6.45, 7) is 1.93. The third-order valence-corrected chi connectivity index (χ3v) is 6.07. The number of hydrazone groups is 1. The van der Waals surface area contributed by atoms with Gasteiger partial charge < -0.3 is 4.74 Å². The molecule has 2 aromatic rings. The predicted octanol–water partition coefficient (Wildman–Crippen LogP) is 5.40. The zero-order valence-corrected chi connectivity index (χ0v) is 18.0. The van der Waals surface area contributed by atoms with Crippen molar-refractivity contribution in [1.29, 1.82) is 0 Å². The van der Waals surface area contributed by atoms with Crippen LogP contribution in [0.1, 0.15) is 43.2 Å². The normalized spacial score (nSPS) is 17.1. The molecule has 4 rings (SSSR count). The maximum absolute atomic E-state index is 13.4. The van der Waals surface area contributed by atoms with E-state index in [2.05, 4.69) is 0 Å². The van der Waals surface area contributed by atoms with Crippen LogP contribution in [0, 0.1) is 23.0 Å². The summed E-state index contributed by atoms with van der Waals surface area (Å²) in [5.74, 6) is 1.01. The molecular formula is C23H26N4O4. The second-order valence-corrected chi connectivity index (χ2v) is 8.07. The Kier molecular flexibility index (Phi) is 5.63. The summed E-state index contributed by atoms with van der Waals surface area (Å²) in [6.07, 6.45) is 5.58. The Morgan fingerprint density at radius 2 is 1.81 bits per heavy atom. The number of aryl methyl sites for hydroxylation is 1. The van der Waals surface area contributed by atoms with E-state index < -0.39 is 4.92 Å². The fourth-order valence-corrected chi connectivity index (χ4v) is 4.44. The summed E-state index contributed by atoms with van der Waals surface area (Å²) in [5.41, 5.74) is 3.90. The standard InChI is InChI=1S/C23H26N4O4/c1-15-13-20-19(14-21(15)31-3)22(16-7-5-4-6-8-16)24-25(2)23(28)26(20)17-9-11-18(12-10-17)27(29)30/h9-14,16H,4-8H2,1-3H3. The molecule has 1 heterocycles. The molecule has 0 aromatic heterocycles. The topological polar surface area (TPSA) is 88.3 Å². The molecule has 1 fully saturated rings. The van der Waals surface area contributed by atoms with Gasteiger partial charge in [-0.25, -0.2) is 9.80 Å². The Balaban J connectivity index is 1.90. The molecule has 2 aromatic carbocycles. The Hall–Kier alpha value is -3.42. The number of fused-ring (bicyclic) bond motifs is 1. The van der Waals surface area contributed by atoms with Crippen molar-refractivity contribution in [2.75, 3.05) is 19.1 Å². The maximum Gasteiger partial charge on any atom is 0.349 e. The average Bonchev–Trinajstić information content (AvgIpc) is 2.88. The van der Waals surface area contributed by atoms with Crippen LogP contribution < -0.4 is 9.64 Å². The molecule has 162 valence electrons. The number of methoxy groups -OCH3 is 1. The van der Waals surface area contributed by atoms with Gasteiger partial charge in [-0.15, -0.1) is 0 Å². The van der Waals surface area contributed by atoms with Crippen LogP contribution in [0.5, 0.6) is 5.75 Å². The van der Waals surface area contributed by atoms with E-state index in [1.54, 1.807) is 31.2 Å². The average molecular weight is 422 g/mol. The van der Waals surface area contributed by atoms with E-state index in [4.69, 9.17) is 9.84 Å². The second kappa shape index (κ2) is 8.37. The number of hydrogen-bond donors (Lipinski definition) is 0. The number of benzene rings is 2. The van der Waals surface area contributed by atoms with Gasteiger partial charge in [0.25, 0.3) is 5.69 Å². The summed E-state index contributed by atoms with van der Waals surface area (Å²) >= 11 is 0. The molecular weight excluding hydrogens is 396 g/mol. The molecule has 0 saturated heterocycles. The van der Waals surface area contributed by atoms with E-state index in [0.717, 1.165) is 48.3 Å². The van der Waals surface area contributed by atoms with E-state index in [1.807, 2.05) is 19.1 Å². The van der Waals surface area contributed by atoms with Crippen molar-refractivity contribution >= 4 is 28.8 Å². The molecule has 31 heavy (non-hydrogen) atoms. The van der Waals surface area contributed by atoms with Crippen LogP contribution in [0.2, 0.25) is 0 Å². The van der Waals surface area contributed by atoms with Crippen LogP contribution >= 0.6 is 0 Å². The number of nitrogens with zero attached hydrogens (tertiary/aromatic N) is 4. The summed E-state index contributed by atoms with van der Waals surface area (Å²) in [4.78, 5) is 25.6. The van der Waals surface area contributed by atoms with Crippen molar-refractivity contribution in [2.45, 2.75) is 39.0 Å². The summed E-state index contributed by atoms with van der Waals surface area (Å²) in [5, 5.41) is 17.2. The first kappa shape index (κ1) is 20.8. The first-order valence-electron chi connectivity index (χ1n) is 10.5. The second-order valence-electron chi connectivity index (χ2n) is 8.07. The van der Waals surface area contributed by atoms with Gasteiger partial charge >= 0.3 is 6.03 Å². The van der Waals surface area contributed by atoms with Crippen LogP contribution in [0.25, 0.3) is 0 Å². The highest BCUT2D eigenvalue weighted by molar-refractivity contribution is 6.14. The van der Waals surface area contributed by atoms with E-state index in [1.165, 1.54) is 23.6 Å². The van der Waals surface area contributed by atoms with Crippen LogP contribution in [-0.2, 0) is 0 Å². The van der Waals surface area contributed by atoms with Gasteiger partial charge in [-0.05, 0) is 49.6 Å². The van der Waals surface area contributed by atoms with Crippen molar-refractivity contribution in [3.63, 3.8) is 0 Å². The van der Waals surface area contributed by atoms with Crippen molar-refractivity contribution in [1.82, 2.24) is 5.01 Å². The number of urea groups is 1. The molecule has 0 radical (unpaired) electrons. The van der Waals surface area contributed by atoms with Gasteiger partial charge in [0, 0.05) is 30.7 Å². The highest BCUT2D eigenvalue weighted by Gasteiger charge is 2.33. The van der Waals surface area contributed by atoms with Gasteiger partial charge in [0.1, 0.15) is 5.75 Å². The van der Waals surface area contributed by atoms with Crippen molar-refractivity contribution in [3.05, 3.63) is 57.6 Å². The van der Waals surface area contributed by atoms with Gasteiger partial charge in [-0.3, -0.25) is 15.0 Å². The smallest absolute Gasteiger partial charge is 0.349 e. The van der Waals surface area contributed by atoms with Gasteiger partial charge in [0.05, 0.1) is 29.1 Å². The number of amides is 2. The van der Waals surface area contributed by atoms with Crippen LogP contribution in [-0.4, -0.2) is 35.8 Å². The van der Waals surface area contributed by atoms with Gasteiger partial charge in [-0.1, -0.05) is 19.3 Å². The van der Waals surface area contributed by atoms with Gasteiger partial charge in [0.2, 0.25) is 0 Å². The lowest BCUT2D eigenvalue weighted by atomic mass is 9.82. The number of ether oxygens (including phenoxy) is 1. The van der Waals surface area contributed by atoms with E-state index in [0.29, 0.717) is 11.4 Å². The molecule has 8 nitrogen and oxygen atoms in total. The molecule has 0 spiro atoms. The highest BCUT2D eigenvalue weighted by Crippen LogP contribution is 2.40. The number of carbonyl (C=O) groups is 1. The number of non-ortho nitro benzene ring substituents is 1. The van der Waals surface area contributed by atoms with Crippen molar-refractivity contribution < 1.29 is 14.5 Å². The van der Waals surface area contributed by atoms with Gasteiger partial charge in [0.15, 0.2) is 0 Å². The zero-order chi connectivity index (χ0) is 22.1.